The molecule has 15 heavy (non-hydrogen) atoms. The molecule has 1 nitrogen and oxygen atoms in total. The Bertz CT molecular complexity index is 362. The Morgan fingerprint density at radius 2 is 1.93 bits per heavy atom. The quantitative estimate of drug-likeness (QED) is 0.742. The van der Waals surface area contributed by atoms with Crippen molar-refractivity contribution < 1.29 is 4.39 Å². The lowest BCUT2D eigenvalue weighted by Crippen LogP contribution is -2.27. The number of halogens is 3. The summed E-state index contributed by atoms with van der Waals surface area (Å²) in [6, 6.07) is 3.15. The molecule has 0 aromatic heterocycles. The van der Waals surface area contributed by atoms with Crippen LogP contribution >= 0.6 is 23.2 Å². The standard InChI is InChI=1S/C11H12Cl2FN/c12-7-4-5-8(13)11(14)10(7)9-3-1-2-6-15-9/h4-5,9,15H,1-3,6H2/t9-/m1/s1. The van der Waals surface area contributed by atoms with E-state index in [1.165, 1.54) is 6.07 Å². The number of nitrogens with one attached hydrogen (secondary N) is 1. The van der Waals surface area contributed by atoms with Gasteiger partial charge in [0.15, 0.2) is 0 Å². The molecule has 0 spiro atoms. The van der Waals surface area contributed by atoms with Crippen LogP contribution < -0.4 is 5.32 Å². The summed E-state index contributed by atoms with van der Waals surface area (Å²) < 4.78 is 13.8. The highest BCUT2D eigenvalue weighted by atomic mass is 35.5. The topological polar surface area (TPSA) is 12.0 Å². The zero-order valence-corrected chi connectivity index (χ0v) is 9.71. The zero-order valence-electron chi connectivity index (χ0n) is 8.19. The van der Waals surface area contributed by atoms with Gasteiger partial charge >= 0.3 is 0 Å². The normalized spacial score (nSPS) is 21.7. The molecule has 0 aliphatic carbocycles. The summed E-state index contributed by atoms with van der Waals surface area (Å²) in [6.45, 7) is 0.910. The molecule has 4 heteroatoms. The van der Waals surface area contributed by atoms with Crippen molar-refractivity contribution in [1.29, 1.82) is 0 Å². The van der Waals surface area contributed by atoms with Gasteiger partial charge in [0.1, 0.15) is 5.82 Å². The van der Waals surface area contributed by atoms with Gasteiger partial charge in [-0.3, -0.25) is 0 Å². The van der Waals surface area contributed by atoms with E-state index in [-0.39, 0.29) is 16.9 Å². The van der Waals surface area contributed by atoms with Crippen molar-refractivity contribution in [3.63, 3.8) is 0 Å². The Kier molecular flexibility index (Phi) is 3.49. The maximum atomic E-state index is 13.8. The fourth-order valence-corrected chi connectivity index (χ4v) is 2.40. The van der Waals surface area contributed by atoms with Gasteiger partial charge in [-0.15, -0.1) is 0 Å². The van der Waals surface area contributed by atoms with Gasteiger partial charge in [-0.05, 0) is 31.5 Å². The third kappa shape index (κ3) is 2.27. The second-order valence-corrected chi connectivity index (χ2v) is 4.57. The molecule has 1 fully saturated rings. The number of hydrogen-bond donors (Lipinski definition) is 1. The zero-order chi connectivity index (χ0) is 10.8. The van der Waals surface area contributed by atoms with Crippen LogP contribution in [0, 0.1) is 5.82 Å². The SMILES string of the molecule is Fc1c(Cl)ccc(Cl)c1[C@H]1CCCCN1. The lowest BCUT2D eigenvalue weighted by atomic mass is 9.97. The molecule has 0 amide bonds. The van der Waals surface area contributed by atoms with Gasteiger partial charge in [-0.1, -0.05) is 29.6 Å². The Morgan fingerprint density at radius 3 is 2.60 bits per heavy atom. The largest absolute Gasteiger partial charge is 0.310 e. The van der Waals surface area contributed by atoms with Gasteiger partial charge in [0.2, 0.25) is 0 Å². The molecule has 1 aliphatic rings. The first-order valence-electron chi connectivity index (χ1n) is 5.07. The lowest BCUT2D eigenvalue weighted by molar-refractivity contribution is 0.400. The Hall–Kier alpha value is -0.310. The van der Waals surface area contributed by atoms with Gasteiger partial charge in [0, 0.05) is 16.6 Å². The van der Waals surface area contributed by atoms with E-state index in [1.54, 1.807) is 6.07 Å². The maximum Gasteiger partial charge on any atom is 0.148 e. The molecule has 1 aromatic carbocycles. The van der Waals surface area contributed by atoms with Crippen LogP contribution in [0.2, 0.25) is 10.0 Å². The maximum absolute atomic E-state index is 13.8. The van der Waals surface area contributed by atoms with Crippen molar-refractivity contribution in [1.82, 2.24) is 5.32 Å². The molecule has 0 unspecified atom stereocenters. The second kappa shape index (κ2) is 4.69. The Balaban J connectivity index is 2.36. The minimum absolute atomic E-state index is 0.00458. The Labute approximate surface area is 98.6 Å². The molecule has 2 rings (SSSR count). The second-order valence-electron chi connectivity index (χ2n) is 3.76. The third-order valence-corrected chi connectivity index (χ3v) is 3.36. The summed E-state index contributed by atoms with van der Waals surface area (Å²) in [5.74, 6) is -0.386. The minimum Gasteiger partial charge on any atom is -0.310 e. The van der Waals surface area contributed by atoms with Crippen LogP contribution in [-0.4, -0.2) is 6.54 Å². The van der Waals surface area contributed by atoms with E-state index in [9.17, 15) is 4.39 Å². The predicted molar refractivity (Wildman–Crippen MR) is 61.0 cm³/mol. The number of piperidine rings is 1. The predicted octanol–water partition coefficient (Wildman–Crippen LogP) is 3.95. The van der Waals surface area contributed by atoms with E-state index in [4.69, 9.17) is 23.2 Å². The number of hydrogen-bond acceptors (Lipinski definition) is 1. The van der Waals surface area contributed by atoms with E-state index in [0.29, 0.717) is 10.6 Å². The van der Waals surface area contributed by atoms with Crippen LogP contribution in [0.4, 0.5) is 4.39 Å². The summed E-state index contributed by atoms with van der Waals surface area (Å²) in [4.78, 5) is 0. The van der Waals surface area contributed by atoms with Crippen molar-refractivity contribution in [3.8, 4) is 0 Å². The van der Waals surface area contributed by atoms with Crippen LogP contribution in [-0.2, 0) is 0 Å². The molecular weight excluding hydrogens is 236 g/mol. The van der Waals surface area contributed by atoms with E-state index in [2.05, 4.69) is 5.32 Å². The molecule has 1 N–H and O–H groups in total. The van der Waals surface area contributed by atoms with Crippen molar-refractivity contribution >= 4 is 23.2 Å². The van der Waals surface area contributed by atoms with E-state index < -0.39 is 0 Å². The Morgan fingerprint density at radius 1 is 1.20 bits per heavy atom. The molecule has 0 radical (unpaired) electrons. The van der Waals surface area contributed by atoms with Crippen molar-refractivity contribution in [2.45, 2.75) is 25.3 Å². The molecule has 1 atom stereocenters. The van der Waals surface area contributed by atoms with Crippen LogP contribution in [0.3, 0.4) is 0 Å². The van der Waals surface area contributed by atoms with Crippen molar-refractivity contribution in [2.75, 3.05) is 6.54 Å². The van der Waals surface area contributed by atoms with Crippen molar-refractivity contribution in [3.05, 3.63) is 33.6 Å². The van der Waals surface area contributed by atoms with Crippen LogP contribution in [0.15, 0.2) is 12.1 Å². The van der Waals surface area contributed by atoms with Crippen LogP contribution in [0.25, 0.3) is 0 Å². The first-order valence-corrected chi connectivity index (χ1v) is 5.82. The third-order valence-electron chi connectivity index (χ3n) is 2.74. The van der Waals surface area contributed by atoms with Gasteiger partial charge < -0.3 is 5.32 Å². The highest BCUT2D eigenvalue weighted by Crippen LogP contribution is 2.33. The molecule has 0 saturated carbocycles. The van der Waals surface area contributed by atoms with Crippen molar-refractivity contribution in [2.24, 2.45) is 0 Å². The first kappa shape index (κ1) is 11.2. The fraction of sp³-hybridized carbons (Fsp3) is 0.455. The molecule has 0 bridgehead atoms. The number of rotatable bonds is 1. The van der Waals surface area contributed by atoms with Crippen LogP contribution in [0.1, 0.15) is 30.9 Å². The lowest BCUT2D eigenvalue weighted by Gasteiger charge is -2.25. The van der Waals surface area contributed by atoms with E-state index in [0.717, 1.165) is 25.8 Å². The number of benzene rings is 1. The summed E-state index contributed by atoms with van der Waals surface area (Å²) in [6.07, 6.45) is 3.15. The van der Waals surface area contributed by atoms with Gasteiger partial charge in [0.05, 0.1) is 5.02 Å². The average molecular weight is 248 g/mol. The monoisotopic (exact) mass is 247 g/mol. The molecule has 1 aromatic rings. The summed E-state index contributed by atoms with van der Waals surface area (Å²) in [5.41, 5.74) is 0.517. The van der Waals surface area contributed by atoms with E-state index >= 15 is 0 Å². The minimum atomic E-state index is -0.386. The summed E-state index contributed by atoms with van der Waals surface area (Å²) in [5, 5.41) is 3.86. The fourth-order valence-electron chi connectivity index (χ4n) is 1.96. The highest BCUT2D eigenvalue weighted by molar-refractivity contribution is 6.33. The molecule has 1 saturated heterocycles. The molecule has 1 heterocycles. The average Bonchev–Trinajstić information content (AvgIpc) is 2.26. The van der Waals surface area contributed by atoms with Crippen LogP contribution in [0.5, 0.6) is 0 Å². The van der Waals surface area contributed by atoms with Gasteiger partial charge in [-0.2, -0.15) is 0 Å². The van der Waals surface area contributed by atoms with E-state index in [1.807, 2.05) is 0 Å². The molecule has 82 valence electrons. The summed E-state index contributed by atoms with van der Waals surface area (Å²) >= 11 is 11.7. The van der Waals surface area contributed by atoms with Gasteiger partial charge in [0.25, 0.3) is 0 Å². The molecule has 1 aliphatic heterocycles. The highest BCUT2D eigenvalue weighted by Gasteiger charge is 2.22. The first-order chi connectivity index (χ1) is 7.20. The van der Waals surface area contributed by atoms with Gasteiger partial charge in [-0.25, -0.2) is 4.39 Å². The molecular formula is C11H12Cl2FN. The smallest absolute Gasteiger partial charge is 0.148 e. The summed E-state index contributed by atoms with van der Waals surface area (Å²) in [7, 11) is 0.